The molecule has 7 heteroatoms. The minimum atomic E-state index is -1.15. The third-order valence-electron chi connectivity index (χ3n) is 4.69. The topological polar surface area (TPSA) is 84.9 Å². The number of carbonyl (C=O) groups is 2. The number of nitrogens with zero attached hydrogens (tertiary/aromatic N) is 2. The predicted molar refractivity (Wildman–Crippen MR) is 79.2 cm³/mol. The number of carboxylic acids is 1. The maximum atomic E-state index is 12.0. The average molecular weight is 298 g/mol. The molecule has 7 nitrogen and oxygen atoms in total. The van der Waals surface area contributed by atoms with E-state index in [1.165, 1.54) is 0 Å². The van der Waals surface area contributed by atoms with E-state index < -0.39 is 17.5 Å². The van der Waals surface area contributed by atoms with Crippen LogP contribution in [0.5, 0.6) is 0 Å². The molecule has 0 radical (unpaired) electrons. The number of hydrogen-bond donors (Lipinski definition) is 3. The summed E-state index contributed by atoms with van der Waals surface area (Å²) < 4.78 is 0. The maximum absolute atomic E-state index is 12.0. The van der Waals surface area contributed by atoms with E-state index in [0.717, 1.165) is 32.5 Å². The molecule has 1 saturated heterocycles. The van der Waals surface area contributed by atoms with Crippen LogP contribution in [0.4, 0.5) is 4.79 Å². The molecule has 1 saturated carbocycles. The summed E-state index contributed by atoms with van der Waals surface area (Å²) in [6.45, 7) is 5.01. The minimum absolute atomic E-state index is 0.0456. The Hall–Kier alpha value is -1.34. The van der Waals surface area contributed by atoms with E-state index in [1.54, 1.807) is 6.92 Å². The minimum Gasteiger partial charge on any atom is -0.480 e. The summed E-state index contributed by atoms with van der Waals surface area (Å²) >= 11 is 0. The van der Waals surface area contributed by atoms with E-state index in [4.69, 9.17) is 0 Å². The number of aliphatic carboxylic acids is 1. The summed E-state index contributed by atoms with van der Waals surface area (Å²) in [4.78, 5) is 27.8. The van der Waals surface area contributed by atoms with E-state index in [9.17, 15) is 14.7 Å². The molecule has 21 heavy (non-hydrogen) atoms. The maximum Gasteiger partial charge on any atom is 0.329 e. The van der Waals surface area contributed by atoms with E-state index in [-0.39, 0.29) is 12.0 Å². The Morgan fingerprint density at radius 2 is 1.95 bits per heavy atom. The zero-order chi connectivity index (χ0) is 15.6. The first kappa shape index (κ1) is 16.0. The van der Waals surface area contributed by atoms with Crippen LogP contribution in [0.25, 0.3) is 0 Å². The molecule has 3 N–H and O–H groups in total. The van der Waals surface area contributed by atoms with Crippen molar-refractivity contribution in [2.75, 3.05) is 40.3 Å². The lowest BCUT2D eigenvalue weighted by atomic mass is 9.96. The standard InChI is InChI=1S/C14H26N4O3/c1-14(12(19)20,10-4-5-10)16-13(21)15-8-11-9-17(2)6-7-18(11)3/h10-11H,4-9H2,1-3H3,(H,19,20)(H2,15,16,21). The first-order valence-corrected chi connectivity index (χ1v) is 7.51. The highest BCUT2D eigenvalue weighted by atomic mass is 16.4. The van der Waals surface area contributed by atoms with Gasteiger partial charge in [-0.3, -0.25) is 4.90 Å². The summed E-state index contributed by atoms with van der Waals surface area (Å²) in [5, 5.41) is 14.8. The van der Waals surface area contributed by atoms with Crippen molar-refractivity contribution in [3.8, 4) is 0 Å². The summed E-state index contributed by atoms with van der Waals surface area (Å²) in [6.07, 6.45) is 1.72. The van der Waals surface area contributed by atoms with Crippen LogP contribution in [-0.4, -0.2) is 78.8 Å². The Morgan fingerprint density at radius 3 is 2.52 bits per heavy atom. The lowest BCUT2D eigenvalue weighted by Gasteiger charge is -2.38. The number of hydrogen-bond acceptors (Lipinski definition) is 4. The van der Waals surface area contributed by atoms with Crippen molar-refractivity contribution in [1.29, 1.82) is 0 Å². The quantitative estimate of drug-likeness (QED) is 0.654. The molecule has 2 atom stereocenters. The van der Waals surface area contributed by atoms with Crippen LogP contribution in [0.1, 0.15) is 19.8 Å². The second-order valence-electron chi connectivity index (χ2n) is 6.51. The Kier molecular flexibility index (Phi) is 4.73. The van der Waals surface area contributed by atoms with Gasteiger partial charge >= 0.3 is 12.0 Å². The highest BCUT2D eigenvalue weighted by molar-refractivity contribution is 5.86. The van der Waals surface area contributed by atoms with Crippen molar-refractivity contribution in [2.24, 2.45) is 5.92 Å². The molecule has 0 aromatic carbocycles. The van der Waals surface area contributed by atoms with Crippen molar-refractivity contribution >= 4 is 12.0 Å². The number of amides is 2. The molecular weight excluding hydrogens is 272 g/mol. The molecule has 2 unspecified atom stereocenters. The molecule has 0 aromatic heterocycles. The molecule has 120 valence electrons. The highest BCUT2D eigenvalue weighted by Crippen LogP contribution is 2.39. The smallest absolute Gasteiger partial charge is 0.329 e. The Bertz CT molecular complexity index is 413. The summed E-state index contributed by atoms with van der Waals surface area (Å²) in [6, 6.07) is -0.139. The molecule has 2 amide bonds. The number of likely N-dealkylation sites (N-methyl/N-ethyl adjacent to an activating group) is 2. The van der Waals surface area contributed by atoms with Crippen molar-refractivity contribution < 1.29 is 14.7 Å². The third-order valence-corrected chi connectivity index (χ3v) is 4.69. The van der Waals surface area contributed by atoms with Crippen molar-refractivity contribution in [3.05, 3.63) is 0 Å². The largest absolute Gasteiger partial charge is 0.480 e. The van der Waals surface area contributed by atoms with Gasteiger partial charge in [0.1, 0.15) is 5.54 Å². The number of nitrogens with one attached hydrogen (secondary N) is 2. The molecule has 0 aromatic rings. The number of carbonyl (C=O) groups excluding carboxylic acids is 1. The summed E-state index contributed by atoms with van der Waals surface area (Å²) in [5.41, 5.74) is -1.15. The van der Waals surface area contributed by atoms with Gasteiger partial charge in [0.2, 0.25) is 0 Å². The van der Waals surface area contributed by atoms with E-state index >= 15 is 0 Å². The normalized spacial score (nSPS) is 26.9. The zero-order valence-corrected chi connectivity index (χ0v) is 13.1. The molecule has 0 spiro atoms. The molecule has 0 bridgehead atoms. The van der Waals surface area contributed by atoms with Crippen LogP contribution in [0.3, 0.4) is 0 Å². The van der Waals surface area contributed by atoms with Crippen LogP contribution >= 0.6 is 0 Å². The van der Waals surface area contributed by atoms with Gasteiger partial charge in [0, 0.05) is 32.2 Å². The van der Waals surface area contributed by atoms with Crippen LogP contribution in [0.2, 0.25) is 0 Å². The van der Waals surface area contributed by atoms with Gasteiger partial charge in [-0.2, -0.15) is 0 Å². The van der Waals surface area contributed by atoms with Crippen molar-refractivity contribution in [1.82, 2.24) is 20.4 Å². The van der Waals surface area contributed by atoms with Crippen LogP contribution < -0.4 is 10.6 Å². The summed E-state index contributed by atoms with van der Waals surface area (Å²) in [5.74, 6) is -0.918. The molecule has 1 aliphatic carbocycles. The lowest BCUT2D eigenvalue weighted by Crippen LogP contribution is -2.59. The second-order valence-corrected chi connectivity index (χ2v) is 6.51. The predicted octanol–water partition coefficient (Wildman–Crippen LogP) is -0.215. The SMILES string of the molecule is CN1CCN(C)C(CNC(=O)NC(C)(C(=O)O)C2CC2)C1. The average Bonchev–Trinajstić information content (AvgIpc) is 3.24. The molecular formula is C14H26N4O3. The Morgan fingerprint density at radius 1 is 1.29 bits per heavy atom. The van der Waals surface area contributed by atoms with Crippen molar-refractivity contribution in [2.45, 2.75) is 31.3 Å². The van der Waals surface area contributed by atoms with E-state index in [0.29, 0.717) is 6.54 Å². The third kappa shape index (κ3) is 3.85. The van der Waals surface area contributed by atoms with Gasteiger partial charge in [0.25, 0.3) is 0 Å². The molecule has 2 aliphatic rings. The lowest BCUT2D eigenvalue weighted by molar-refractivity contribution is -0.144. The first-order chi connectivity index (χ1) is 9.83. The number of piperazine rings is 1. The van der Waals surface area contributed by atoms with Crippen LogP contribution in [-0.2, 0) is 4.79 Å². The number of carboxylic acid groups (broad SMARTS) is 1. The van der Waals surface area contributed by atoms with Gasteiger partial charge in [0.05, 0.1) is 0 Å². The highest BCUT2D eigenvalue weighted by Gasteiger charge is 2.48. The van der Waals surface area contributed by atoms with Gasteiger partial charge in [0.15, 0.2) is 0 Å². The fourth-order valence-electron chi connectivity index (χ4n) is 2.80. The van der Waals surface area contributed by atoms with Gasteiger partial charge in [-0.25, -0.2) is 9.59 Å². The Balaban J connectivity index is 1.82. The molecule has 1 aliphatic heterocycles. The number of rotatable bonds is 5. The second kappa shape index (κ2) is 6.19. The van der Waals surface area contributed by atoms with Gasteiger partial charge in [-0.1, -0.05) is 0 Å². The fraction of sp³-hybridized carbons (Fsp3) is 0.857. The van der Waals surface area contributed by atoms with Gasteiger partial charge < -0.3 is 20.6 Å². The molecule has 2 fully saturated rings. The Labute approximate surface area is 125 Å². The number of urea groups is 1. The van der Waals surface area contributed by atoms with Gasteiger partial charge in [-0.15, -0.1) is 0 Å². The fourth-order valence-corrected chi connectivity index (χ4v) is 2.80. The van der Waals surface area contributed by atoms with Crippen molar-refractivity contribution in [3.63, 3.8) is 0 Å². The van der Waals surface area contributed by atoms with Crippen LogP contribution in [0.15, 0.2) is 0 Å². The van der Waals surface area contributed by atoms with Gasteiger partial charge in [-0.05, 0) is 39.8 Å². The molecule has 1 heterocycles. The van der Waals surface area contributed by atoms with E-state index in [1.807, 2.05) is 7.05 Å². The monoisotopic (exact) mass is 298 g/mol. The summed E-state index contributed by atoms with van der Waals surface area (Å²) in [7, 11) is 4.11. The zero-order valence-electron chi connectivity index (χ0n) is 13.1. The first-order valence-electron chi connectivity index (χ1n) is 7.51. The van der Waals surface area contributed by atoms with E-state index in [2.05, 4.69) is 27.5 Å². The van der Waals surface area contributed by atoms with Crippen LogP contribution in [0, 0.1) is 5.92 Å². The molecule has 2 rings (SSSR count).